The number of nitrogens with zero attached hydrogens (tertiary/aromatic N) is 1. The number of thiophene rings is 1. The monoisotopic (exact) mass is 252 g/mol. The molecule has 0 aliphatic carbocycles. The standard InChI is InChI=1S/C13H20N2OS/c1-9-3-5-15(11(7-9)8-14)13(16)12-10(2)4-6-17-12/h4,6,9,11H,3,5,7-8,14H2,1-2H3. The van der Waals surface area contributed by atoms with E-state index in [9.17, 15) is 4.79 Å². The van der Waals surface area contributed by atoms with E-state index in [0.717, 1.165) is 29.8 Å². The Morgan fingerprint density at radius 2 is 2.41 bits per heavy atom. The van der Waals surface area contributed by atoms with Gasteiger partial charge < -0.3 is 10.6 Å². The van der Waals surface area contributed by atoms with Crippen LogP contribution in [0.25, 0.3) is 0 Å². The number of rotatable bonds is 2. The fourth-order valence-corrected chi connectivity index (χ4v) is 3.34. The molecule has 0 spiro atoms. The molecule has 0 saturated carbocycles. The molecule has 2 heterocycles. The Morgan fingerprint density at radius 1 is 1.65 bits per heavy atom. The van der Waals surface area contributed by atoms with Gasteiger partial charge in [0, 0.05) is 19.1 Å². The lowest BCUT2D eigenvalue weighted by Crippen LogP contribution is -2.49. The van der Waals surface area contributed by atoms with Crippen LogP contribution in [-0.2, 0) is 0 Å². The second-order valence-electron chi connectivity index (χ2n) is 4.95. The first-order chi connectivity index (χ1) is 8.13. The van der Waals surface area contributed by atoms with Gasteiger partial charge in [0.15, 0.2) is 0 Å². The Hall–Kier alpha value is -0.870. The van der Waals surface area contributed by atoms with E-state index >= 15 is 0 Å². The van der Waals surface area contributed by atoms with Gasteiger partial charge in [-0.3, -0.25) is 4.79 Å². The third-order valence-corrected chi connectivity index (χ3v) is 4.57. The average molecular weight is 252 g/mol. The minimum absolute atomic E-state index is 0.167. The van der Waals surface area contributed by atoms with Crippen LogP contribution < -0.4 is 5.73 Å². The van der Waals surface area contributed by atoms with Crippen molar-refractivity contribution in [1.82, 2.24) is 4.90 Å². The Morgan fingerprint density at radius 3 is 3.00 bits per heavy atom. The molecule has 3 nitrogen and oxygen atoms in total. The molecule has 2 unspecified atom stereocenters. The molecule has 0 radical (unpaired) electrons. The molecule has 1 aromatic heterocycles. The summed E-state index contributed by atoms with van der Waals surface area (Å²) in [6.45, 7) is 5.65. The van der Waals surface area contributed by atoms with Crippen LogP contribution >= 0.6 is 11.3 Å². The van der Waals surface area contributed by atoms with Gasteiger partial charge >= 0.3 is 0 Å². The van der Waals surface area contributed by atoms with E-state index in [2.05, 4.69) is 6.92 Å². The van der Waals surface area contributed by atoms with Gasteiger partial charge in [-0.25, -0.2) is 0 Å². The maximum atomic E-state index is 12.4. The number of amides is 1. The highest BCUT2D eigenvalue weighted by Gasteiger charge is 2.30. The van der Waals surface area contributed by atoms with E-state index in [1.54, 1.807) is 0 Å². The topological polar surface area (TPSA) is 46.3 Å². The smallest absolute Gasteiger partial charge is 0.264 e. The van der Waals surface area contributed by atoms with Crippen LogP contribution in [0, 0.1) is 12.8 Å². The van der Waals surface area contributed by atoms with Gasteiger partial charge in [-0.15, -0.1) is 11.3 Å². The molecule has 2 rings (SSSR count). The number of hydrogen-bond donors (Lipinski definition) is 1. The van der Waals surface area contributed by atoms with Crippen molar-refractivity contribution in [3.05, 3.63) is 21.9 Å². The lowest BCUT2D eigenvalue weighted by atomic mass is 9.92. The largest absolute Gasteiger partial charge is 0.334 e. The van der Waals surface area contributed by atoms with Gasteiger partial charge in [0.1, 0.15) is 0 Å². The highest BCUT2D eigenvalue weighted by molar-refractivity contribution is 7.12. The number of aryl methyl sites for hydroxylation is 1. The maximum absolute atomic E-state index is 12.4. The second-order valence-corrected chi connectivity index (χ2v) is 5.87. The molecule has 2 N–H and O–H groups in total. The SMILES string of the molecule is Cc1ccsc1C(=O)N1CCC(C)CC1CN. The van der Waals surface area contributed by atoms with Gasteiger partial charge in [-0.05, 0) is 42.7 Å². The molecule has 1 amide bonds. The van der Waals surface area contributed by atoms with Crippen LogP contribution in [0.5, 0.6) is 0 Å². The quantitative estimate of drug-likeness (QED) is 0.877. The lowest BCUT2D eigenvalue weighted by Gasteiger charge is -2.37. The maximum Gasteiger partial charge on any atom is 0.264 e. The summed E-state index contributed by atoms with van der Waals surface area (Å²) in [5, 5.41) is 1.98. The summed E-state index contributed by atoms with van der Waals surface area (Å²) < 4.78 is 0. The molecule has 1 saturated heterocycles. The molecule has 1 fully saturated rings. The number of likely N-dealkylation sites (tertiary alicyclic amines) is 1. The number of carbonyl (C=O) groups excluding carboxylic acids is 1. The van der Waals surface area contributed by atoms with Crippen LogP contribution in [0.4, 0.5) is 0 Å². The van der Waals surface area contributed by atoms with Crippen molar-refractivity contribution in [2.75, 3.05) is 13.1 Å². The highest BCUT2D eigenvalue weighted by Crippen LogP contribution is 2.26. The second kappa shape index (κ2) is 5.19. The highest BCUT2D eigenvalue weighted by atomic mass is 32.1. The predicted octanol–water partition coefficient (Wildman–Crippen LogP) is 2.26. The Kier molecular flexibility index (Phi) is 3.84. The van der Waals surface area contributed by atoms with Crippen molar-refractivity contribution in [1.29, 1.82) is 0 Å². The van der Waals surface area contributed by atoms with Gasteiger partial charge in [0.25, 0.3) is 5.91 Å². The first-order valence-electron chi connectivity index (χ1n) is 6.18. The van der Waals surface area contributed by atoms with Crippen LogP contribution in [0.1, 0.15) is 35.0 Å². The zero-order valence-corrected chi connectivity index (χ0v) is 11.3. The summed E-state index contributed by atoms with van der Waals surface area (Å²) in [4.78, 5) is 15.3. The molecule has 1 aliphatic rings. The molecule has 4 heteroatoms. The predicted molar refractivity (Wildman–Crippen MR) is 71.3 cm³/mol. The molecule has 1 aliphatic heterocycles. The van der Waals surface area contributed by atoms with E-state index < -0.39 is 0 Å². The van der Waals surface area contributed by atoms with Crippen molar-refractivity contribution in [2.24, 2.45) is 11.7 Å². The van der Waals surface area contributed by atoms with Crippen LogP contribution in [-0.4, -0.2) is 29.9 Å². The van der Waals surface area contributed by atoms with E-state index in [1.165, 1.54) is 11.3 Å². The normalized spacial score (nSPS) is 25.0. The van der Waals surface area contributed by atoms with Crippen molar-refractivity contribution in [2.45, 2.75) is 32.7 Å². The first-order valence-corrected chi connectivity index (χ1v) is 7.06. The number of nitrogens with two attached hydrogens (primary N) is 1. The summed E-state index contributed by atoms with van der Waals surface area (Å²) in [5.41, 5.74) is 6.87. The van der Waals surface area contributed by atoms with E-state index in [4.69, 9.17) is 5.73 Å². The molecule has 2 atom stereocenters. The zero-order chi connectivity index (χ0) is 12.4. The Labute approximate surface area is 107 Å². The zero-order valence-electron chi connectivity index (χ0n) is 10.5. The Balaban J connectivity index is 2.16. The molecule has 0 bridgehead atoms. The van der Waals surface area contributed by atoms with Gasteiger partial charge in [0.05, 0.1) is 4.88 Å². The third-order valence-electron chi connectivity index (χ3n) is 3.57. The van der Waals surface area contributed by atoms with Crippen molar-refractivity contribution in [3.63, 3.8) is 0 Å². The van der Waals surface area contributed by atoms with Crippen LogP contribution in [0.2, 0.25) is 0 Å². The fraction of sp³-hybridized carbons (Fsp3) is 0.615. The lowest BCUT2D eigenvalue weighted by molar-refractivity contribution is 0.0578. The van der Waals surface area contributed by atoms with Crippen molar-refractivity contribution < 1.29 is 4.79 Å². The number of piperidine rings is 1. The molecule has 17 heavy (non-hydrogen) atoms. The average Bonchev–Trinajstić information content (AvgIpc) is 2.74. The summed E-state index contributed by atoms with van der Waals surface area (Å²) in [5.74, 6) is 0.844. The van der Waals surface area contributed by atoms with Gasteiger partial charge in [0.2, 0.25) is 0 Å². The number of hydrogen-bond acceptors (Lipinski definition) is 3. The summed E-state index contributed by atoms with van der Waals surface area (Å²) in [6.07, 6.45) is 2.12. The van der Waals surface area contributed by atoms with E-state index in [1.807, 2.05) is 23.3 Å². The van der Waals surface area contributed by atoms with Crippen molar-refractivity contribution >= 4 is 17.2 Å². The molecule has 0 aromatic carbocycles. The third kappa shape index (κ3) is 2.53. The van der Waals surface area contributed by atoms with Gasteiger partial charge in [-0.1, -0.05) is 6.92 Å². The van der Waals surface area contributed by atoms with Crippen LogP contribution in [0.15, 0.2) is 11.4 Å². The van der Waals surface area contributed by atoms with E-state index in [0.29, 0.717) is 12.5 Å². The first kappa shape index (κ1) is 12.6. The molecular formula is C13H20N2OS. The molecule has 94 valence electrons. The fourth-order valence-electron chi connectivity index (χ4n) is 2.46. The number of carbonyl (C=O) groups is 1. The van der Waals surface area contributed by atoms with E-state index in [-0.39, 0.29) is 11.9 Å². The van der Waals surface area contributed by atoms with Crippen molar-refractivity contribution in [3.8, 4) is 0 Å². The molecule has 1 aromatic rings. The van der Waals surface area contributed by atoms with Gasteiger partial charge in [-0.2, -0.15) is 0 Å². The summed E-state index contributed by atoms with van der Waals surface area (Å²) in [6, 6.07) is 2.22. The summed E-state index contributed by atoms with van der Waals surface area (Å²) in [7, 11) is 0. The van der Waals surface area contributed by atoms with Crippen LogP contribution in [0.3, 0.4) is 0 Å². The molecular weight excluding hydrogens is 232 g/mol. The Bertz CT molecular complexity index is 402. The summed E-state index contributed by atoms with van der Waals surface area (Å²) >= 11 is 1.53. The minimum Gasteiger partial charge on any atom is -0.334 e. The minimum atomic E-state index is 0.167.